The standard InChI is InChI=1S/C13H17NO2/c1-2-9(8-14)13(15)12-7-10-5-3-4-6-11(10)16-12/h3-7,9,13,15H,2,8,14H2,1H3. The highest BCUT2D eigenvalue weighted by molar-refractivity contribution is 5.77. The van der Waals surface area contributed by atoms with E-state index < -0.39 is 6.10 Å². The Hall–Kier alpha value is -1.32. The lowest BCUT2D eigenvalue weighted by Gasteiger charge is -2.17. The quantitative estimate of drug-likeness (QED) is 0.830. The predicted molar refractivity (Wildman–Crippen MR) is 64.0 cm³/mol. The van der Waals surface area contributed by atoms with E-state index in [1.165, 1.54) is 0 Å². The zero-order chi connectivity index (χ0) is 11.5. The van der Waals surface area contributed by atoms with Gasteiger partial charge >= 0.3 is 0 Å². The molecule has 0 aliphatic rings. The first-order valence-electron chi connectivity index (χ1n) is 5.63. The fourth-order valence-corrected chi connectivity index (χ4v) is 1.90. The molecule has 2 atom stereocenters. The van der Waals surface area contributed by atoms with Gasteiger partial charge in [-0.05, 0) is 25.1 Å². The number of para-hydroxylation sites is 1. The highest BCUT2D eigenvalue weighted by Gasteiger charge is 2.21. The molecule has 2 unspecified atom stereocenters. The smallest absolute Gasteiger partial charge is 0.134 e. The van der Waals surface area contributed by atoms with Crippen molar-refractivity contribution in [3.63, 3.8) is 0 Å². The number of aliphatic hydroxyl groups is 1. The summed E-state index contributed by atoms with van der Waals surface area (Å²) in [6.07, 6.45) is 0.233. The summed E-state index contributed by atoms with van der Waals surface area (Å²) in [6.45, 7) is 2.48. The minimum absolute atomic E-state index is 0.0561. The van der Waals surface area contributed by atoms with Crippen molar-refractivity contribution in [3.8, 4) is 0 Å². The molecule has 3 heteroatoms. The third kappa shape index (κ3) is 1.96. The van der Waals surface area contributed by atoms with Crippen molar-refractivity contribution in [3.05, 3.63) is 36.1 Å². The van der Waals surface area contributed by atoms with Gasteiger partial charge in [-0.15, -0.1) is 0 Å². The van der Waals surface area contributed by atoms with Crippen LogP contribution in [0.1, 0.15) is 25.2 Å². The first kappa shape index (κ1) is 11.2. The van der Waals surface area contributed by atoms with E-state index in [0.29, 0.717) is 12.3 Å². The average molecular weight is 219 g/mol. The summed E-state index contributed by atoms with van der Waals surface area (Å²) >= 11 is 0. The van der Waals surface area contributed by atoms with Crippen molar-refractivity contribution >= 4 is 11.0 Å². The summed E-state index contributed by atoms with van der Waals surface area (Å²) < 4.78 is 5.61. The molecule has 0 radical (unpaired) electrons. The second-order valence-electron chi connectivity index (χ2n) is 4.04. The lowest BCUT2D eigenvalue weighted by Crippen LogP contribution is -2.20. The summed E-state index contributed by atoms with van der Waals surface area (Å²) in [5, 5.41) is 11.1. The van der Waals surface area contributed by atoms with Crippen LogP contribution in [0, 0.1) is 5.92 Å². The zero-order valence-electron chi connectivity index (χ0n) is 9.39. The molecule has 1 aromatic heterocycles. The molecule has 0 aliphatic carbocycles. The maximum Gasteiger partial charge on any atom is 0.134 e. The van der Waals surface area contributed by atoms with Crippen molar-refractivity contribution in [2.45, 2.75) is 19.4 Å². The average Bonchev–Trinajstić information content (AvgIpc) is 2.74. The van der Waals surface area contributed by atoms with Crippen LogP contribution in [0.15, 0.2) is 34.7 Å². The number of rotatable bonds is 4. The van der Waals surface area contributed by atoms with Crippen LogP contribution in [0.2, 0.25) is 0 Å². The molecule has 0 fully saturated rings. The van der Waals surface area contributed by atoms with Gasteiger partial charge in [0.15, 0.2) is 0 Å². The van der Waals surface area contributed by atoms with Gasteiger partial charge in [0.1, 0.15) is 17.4 Å². The van der Waals surface area contributed by atoms with Crippen molar-refractivity contribution in [1.29, 1.82) is 0 Å². The Morgan fingerprint density at radius 1 is 1.38 bits per heavy atom. The van der Waals surface area contributed by atoms with E-state index in [1.54, 1.807) is 0 Å². The van der Waals surface area contributed by atoms with E-state index in [2.05, 4.69) is 0 Å². The van der Waals surface area contributed by atoms with Gasteiger partial charge in [-0.2, -0.15) is 0 Å². The molecule has 16 heavy (non-hydrogen) atoms. The highest BCUT2D eigenvalue weighted by Crippen LogP contribution is 2.29. The molecule has 2 rings (SSSR count). The Balaban J connectivity index is 2.32. The van der Waals surface area contributed by atoms with Gasteiger partial charge < -0.3 is 15.3 Å². The largest absolute Gasteiger partial charge is 0.458 e. The Bertz CT molecular complexity index is 427. The number of furan rings is 1. The predicted octanol–water partition coefficient (Wildman–Crippen LogP) is 2.45. The van der Waals surface area contributed by atoms with E-state index in [1.807, 2.05) is 37.3 Å². The maximum absolute atomic E-state index is 10.1. The van der Waals surface area contributed by atoms with Crippen LogP contribution in [0.25, 0.3) is 11.0 Å². The monoisotopic (exact) mass is 219 g/mol. The lowest BCUT2D eigenvalue weighted by molar-refractivity contribution is 0.0891. The highest BCUT2D eigenvalue weighted by atomic mass is 16.4. The van der Waals surface area contributed by atoms with Gasteiger partial charge in [-0.1, -0.05) is 25.1 Å². The van der Waals surface area contributed by atoms with E-state index in [9.17, 15) is 5.11 Å². The minimum atomic E-state index is -0.609. The first-order valence-corrected chi connectivity index (χ1v) is 5.63. The molecule has 0 amide bonds. The number of benzene rings is 1. The third-order valence-electron chi connectivity index (χ3n) is 3.01. The molecule has 1 aromatic carbocycles. The van der Waals surface area contributed by atoms with E-state index in [0.717, 1.165) is 17.4 Å². The maximum atomic E-state index is 10.1. The van der Waals surface area contributed by atoms with Crippen LogP contribution in [0.5, 0.6) is 0 Å². The SMILES string of the molecule is CCC(CN)C(O)c1cc2ccccc2o1. The van der Waals surface area contributed by atoms with Crippen LogP contribution >= 0.6 is 0 Å². The second-order valence-corrected chi connectivity index (χ2v) is 4.04. The Labute approximate surface area is 94.9 Å². The van der Waals surface area contributed by atoms with Crippen molar-refractivity contribution in [2.75, 3.05) is 6.54 Å². The minimum Gasteiger partial charge on any atom is -0.458 e. The summed E-state index contributed by atoms with van der Waals surface area (Å²) in [7, 11) is 0. The van der Waals surface area contributed by atoms with Crippen molar-refractivity contribution in [2.24, 2.45) is 11.7 Å². The molecular weight excluding hydrogens is 202 g/mol. The number of hydrogen-bond donors (Lipinski definition) is 2. The van der Waals surface area contributed by atoms with Crippen LogP contribution in [0.4, 0.5) is 0 Å². The molecule has 86 valence electrons. The fraction of sp³-hybridized carbons (Fsp3) is 0.385. The normalized spacial score (nSPS) is 15.2. The molecule has 3 nitrogen and oxygen atoms in total. The van der Waals surface area contributed by atoms with E-state index in [-0.39, 0.29) is 5.92 Å². The summed E-state index contributed by atoms with van der Waals surface area (Å²) in [4.78, 5) is 0. The van der Waals surface area contributed by atoms with Gasteiger partial charge in [-0.3, -0.25) is 0 Å². The Morgan fingerprint density at radius 3 is 2.75 bits per heavy atom. The Morgan fingerprint density at radius 2 is 2.12 bits per heavy atom. The van der Waals surface area contributed by atoms with E-state index in [4.69, 9.17) is 10.2 Å². The van der Waals surface area contributed by atoms with E-state index >= 15 is 0 Å². The third-order valence-corrected chi connectivity index (χ3v) is 3.01. The fourth-order valence-electron chi connectivity index (χ4n) is 1.90. The van der Waals surface area contributed by atoms with Gasteiger partial charge in [0.05, 0.1) is 0 Å². The molecule has 1 heterocycles. The molecule has 3 N–H and O–H groups in total. The zero-order valence-corrected chi connectivity index (χ0v) is 9.39. The van der Waals surface area contributed by atoms with Gasteiger partial charge in [0, 0.05) is 11.3 Å². The molecule has 0 spiro atoms. The van der Waals surface area contributed by atoms with Crippen LogP contribution < -0.4 is 5.73 Å². The molecule has 0 aliphatic heterocycles. The number of hydrogen-bond acceptors (Lipinski definition) is 3. The van der Waals surface area contributed by atoms with Crippen molar-refractivity contribution < 1.29 is 9.52 Å². The number of aliphatic hydroxyl groups excluding tert-OH is 1. The Kier molecular flexibility index (Phi) is 3.27. The van der Waals surface area contributed by atoms with Crippen LogP contribution in [-0.4, -0.2) is 11.7 Å². The number of nitrogens with two attached hydrogens (primary N) is 1. The molecule has 0 bridgehead atoms. The van der Waals surface area contributed by atoms with Gasteiger partial charge in [0.25, 0.3) is 0 Å². The molecule has 0 saturated heterocycles. The van der Waals surface area contributed by atoms with Crippen LogP contribution in [-0.2, 0) is 0 Å². The summed E-state index contributed by atoms with van der Waals surface area (Å²) in [5.74, 6) is 0.666. The van der Waals surface area contributed by atoms with Crippen molar-refractivity contribution in [1.82, 2.24) is 0 Å². The second kappa shape index (κ2) is 4.68. The topological polar surface area (TPSA) is 59.4 Å². The first-order chi connectivity index (χ1) is 7.76. The lowest BCUT2D eigenvalue weighted by atomic mass is 9.98. The van der Waals surface area contributed by atoms with Gasteiger partial charge in [-0.25, -0.2) is 0 Å². The summed E-state index contributed by atoms with van der Waals surface area (Å²) in [5.41, 5.74) is 6.42. The molecular formula is C13H17NO2. The van der Waals surface area contributed by atoms with Gasteiger partial charge in [0.2, 0.25) is 0 Å². The number of fused-ring (bicyclic) bond motifs is 1. The summed E-state index contributed by atoms with van der Waals surface area (Å²) in [6, 6.07) is 9.63. The molecule has 2 aromatic rings. The van der Waals surface area contributed by atoms with Crippen LogP contribution in [0.3, 0.4) is 0 Å². The molecule has 0 saturated carbocycles.